The average Bonchev–Trinajstić information content (AvgIpc) is 3.06. The van der Waals surface area contributed by atoms with Crippen molar-refractivity contribution in [2.45, 2.75) is 46.1 Å². The van der Waals surface area contributed by atoms with Crippen molar-refractivity contribution in [1.82, 2.24) is 9.38 Å². The number of unbranched alkanes of at least 4 members (excludes halogenated alkanes) is 1. The van der Waals surface area contributed by atoms with Crippen molar-refractivity contribution in [3.63, 3.8) is 0 Å². The van der Waals surface area contributed by atoms with E-state index in [2.05, 4.69) is 27.8 Å². The molecule has 3 aromatic rings. The maximum absolute atomic E-state index is 13.9. The largest absolute Gasteiger partial charge is 0.485 e. The van der Waals surface area contributed by atoms with E-state index in [0.29, 0.717) is 27.3 Å². The highest BCUT2D eigenvalue weighted by Crippen LogP contribution is 2.29. The van der Waals surface area contributed by atoms with E-state index >= 15 is 0 Å². The molecule has 1 N–H and O–H groups in total. The van der Waals surface area contributed by atoms with E-state index in [1.807, 2.05) is 0 Å². The van der Waals surface area contributed by atoms with Gasteiger partial charge in [-0.1, -0.05) is 25.8 Å². The highest BCUT2D eigenvalue weighted by Gasteiger charge is 2.23. The van der Waals surface area contributed by atoms with Crippen molar-refractivity contribution in [3.05, 3.63) is 63.5 Å². The van der Waals surface area contributed by atoms with Gasteiger partial charge in [0.05, 0.1) is 11.3 Å². The van der Waals surface area contributed by atoms with Crippen LogP contribution in [0.2, 0.25) is 0 Å². The number of ketones is 1. The third kappa shape index (κ3) is 5.30. The molecular weight excluding hydrogens is 470 g/mol. The van der Waals surface area contributed by atoms with Crippen LogP contribution in [0.3, 0.4) is 0 Å². The van der Waals surface area contributed by atoms with Crippen molar-refractivity contribution in [2.75, 3.05) is 6.61 Å². The van der Waals surface area contributed by atoms with Crippen molar-refractivity contribution in [3.8, 4) is 5.75 Å². The molecule has 5 nitrogen and oxygen atoms in total. The Balaban J connectivity index is 1.91. The van der Waals surface area contributed by atoms with E-state index in [1.54, 1.807) is 23.6 Å². The number of aromatic nitrogens is 2. The third-order valence-electron chi connectivity index (χ3n) is 5.22. The van der Waals surface area contributed by atoms with E-state index in [9.17, 15) is 18.7 Å². The number of fused-ring (bicyclic) bond motifs is 1. The Bertz CT molecular complexity index is 1060. The first kappa shape index (κ1) is 23.3. The summed E-state index contributed by atoms with van der Waals surface area (Å²) in [6.45, 7) is 3.43. The van der Waals surface area contributed by atoms with Gasteiger partial charge in [-0.3, -0.25) is 9.20 Å². The first-order valence-corrected chi connectivity index (χ1v) is 11.0. The number of imidazole rings is 1. The standard InChI is InChI=1S/C23H25BrF2N2O3/c1-3-4-6-15(12-29)9-20(30)22-14(2)27-23-21(10-16(24)11-28(22)23)31-13-17-18(25)7-5-8-19(17)26/h5,7-8,10-11,15,29H,3-4,6,9,12-13H2,1-2H3/t15-/m0/s1. The number of aryl methyl sites for hydroxylation is 1. The van der Waals surface area contributed by atoms with Crippen LogP contribution in [0, 0.1) is 24.5 Å². The van der Waals surface area contributed by atoms with Gasteiger partial charge in [-0.05, 0) is 53.4 Å². The van der Waals surface area contributed by atoms with Gasteiger partial charge in [0, 0.05) is 23.7 Å². The molecule has 0 radical (unpaired) electrons. The molecule has 8 heteroatoms. The molecule has 31 heavy (non-hydrogen) atoms. The molecular formula is C23H25BrF2N2O3. The number of carbonyl (C=O) groups is 1. The maximum Gasteiger partial charge on any atom is 0.181 e. The summed E-state index contributed by atoms with van der Waals surface area (Å²) in [5, 5.41) is 9.63. The Morgan fingerprint density at radius 1 is 1.32 bits per heavy atom. The molecule has 166 valence electrons. The van der Waals surface area contributed by atoms with Gasteiger partial charge in [0.25, 0.3) is 0 Å². The fraction of sp³-hybridized carbons (Fsp3) is 0.391. The normalized spacial score (nSPS) is 12.3. The summed E-state index contributed by atoms with van der Waals surface area (Å²) in [4.78, 5) is 17.5. The van der Waals surface area contributed by atoms with Gasteiger partial charge in [0.15, 0.2) is 17.2 Å². The zero-order valence-electron chi connectivity index (χ0n) is 17.5. The summed E-state index contributed by atoms with van der Waals surface area (Å²) < 4.78 is 35.9. The van der Waals surface area contributed by atoms with Crippen molar-refractivity contribution in [1.29, 1.82) is 0 Å². The van der Waals surface area contributed by atoms with Crippen LogP contribution >= 0.6 is 15.9 Å². The molecule has 0 aliphatic heterocycles. The van der Waals surface area contributed by atoms with E-state index in [1.165, 1.54) is 18.2 Å². The number of pyridine rings is 1. The number of hydrogen-bond donors (Lipinski definition) is 1. The molecule has 0 unspecified atom stereocenters. The molecule has 1 aromatic carbocycles. The summed E-state index contributed by atoms with van der Waals surface area (Å²) in [6.07, 6.45) is 4.64. The number of carbonyl (C=O) groups excluding carboxylic acids is 1. The van der Waals surface area contributed by atoms with Gasteiger partial charge in [0.2, 0.25) is 0 Å². The zero-order valence-corrected chi connectivity index (χ0v) is 19.1. The number of halogens is 3. The van der Waals surface area contributed by atoms with Gasteiger partial charge < -0.3 is 9.84 Å². The number of aliphatic hydroxyl groups is 1. The van der Waals surface area contributed by atoms with Crippen LogP contribution < -0.4 is 4.74 Å². The Morgan fingerprint density at radius 3 is 2.68 bits per heavy atom. The molecule has 1 atom stereocenters. The molecule has 0 aliphatic carbocycles. The van der Waals surface area contributed by atoms with Crippen LogP contribution in [-0.2, 0) is 6.61 Å². The van der Waals surface area contributed by atoms with Crippen LogP contribution in [0.1, 0.15) is 54.4 Å². The van der Waals surface area contributed by atoms with Crippen LogP contribution in [0.5, 0.6) is 5.75 Å². The second-order valence-corrected chi connectivity index (χ2v) is 8.48. The second-order valence-electron chi connectivity index (χ2n) is 7.57. The minimum absolute atomic E-state index is 0.0478. The molecule has 0 saturated carbocycles. The van der Waals surface area contributed by atoms with E-state index in [4.69, 9.17) is 4.74 Å². The average molecular weight is 495 g/mol. The first-order valence-electron chi connectivity index (χ1n) is 10.2. The zero-order chi connectivity index (χ0) is 22.5. The van der Waals surface area contributed by atoms with E-state index < -0.39 is 11.6 Å². The number of rotatable bonds is 10. The Kier molecular flexibility index (Phi) is 7.78. The van der Waals surface area contributed by atoms with Crippen LogP contribution in [0.25, 0.3) is 5.65 Å². The lowest BCUT2D eigenvalue weighted by Crippen LogP contribution is -2.15. The number of Topliss-reactive ketones (excluding diaryl/α,β-unsaturated/α-hetero) is 1. The molecule has 2 aromatic heterocycles. The maximum atomic E-state index is 13.9. The number of nitrogens with zero attached hydrogens (tertiary/aromatic N) is 2. The number of ether oxygens (including phenoxy) is 1. The molecule has 0 spiro atoms. The highest BCUT2D eigenvalue weighted by atomic mass is 79.9. The lowest BCUT2D eigenvalue weighted by atomic mass is 9.95. The summed E-state index contributed by atoms with van der Waals surface area (Å²) in [7, 11) is 0. The molecule has 0 bridgehead atoms. The molecule has 0 aliphatic rings. The van der Waals surface area contributed by atoms with Crippen LogP contribution in [-0.4, -0.2) is 26.9 Å². The summed E-state index contributed by atoms with van der Waals surface area (Å²) in [6, 6.07) is 5.28. The van der Waals surface area contributed by atoms with Crippen LogP contribution in [0.15, 0.2) is 34.9 Å². The molecule has 3 rings (SSSR count). The molecule has 0 saturated heterocycles. The van der Waals surface area contributed by atoms with Gasteiger partial charge in [0.1, 0.15) is 23.9 Å². The minimum Gasteiger partial charge on any atom is -0.485 e. The predicted octanol–water partition coefficient (Wildman–Crippen LogP) is 5.63. The third-order valence-corrected chi connectivity index (χ3v) is 5.66. The quantitative estimate of drug-likeness (QED) is 0.370. The Morgan fingerprint density at radius 2 is 2.03 bits per heavy atom. The van der Waals surface area contributed by atoms with Crippen molar-refractivity contribution >= 4 is 27.4 Å². The predicted molar refractivity (Wildman–Crippen MR) is 117 cm³/mol. The summed E-state index contributed by atoms with van der Waals surface area (Å²) in [5.74, 6) is -1.32. The topological polar surface area (TPSA) is 63.8 Å². The number of hydrogen-bond acceptors (Lipinski definition) is 4. The van der Waals surface area contributed by atoms with Gasteiger partial charge in [-0.2, -0.15) is 0 Å². The number of benzene rings is 1. The van der Waals surface area contributed by atoms with Gasteiger partial charge in [-0.15, -0.1) is 0 Å². The molecule has 0 amide bonds. The SMILES string of the molecule is CCCC[C@H](CO)CC(=O)c1c(C)nc2c(OCc3c(F)cccc3F)cc(Br)cn12. The van der Waals surface area contributed by atoms with Crippen molar-refractivity contribution in [2.24, 2.45) is 5.92 Å². The van der Waals surface area contributed by atoms with Crippen LogP contribution in [0.4, 0.5) is 8.78 Å². The lowest BCUT2D eigenvalue weighted by molar-refractivity contribution is 0.0923. The fourth-order valence-electron chi connectivity index (χ4n) is 3.57. The monoisotopic (exact) mass is 494 g/mol. The molecule has 2 heterocycles. The van der Waals surface area contributed by atoms with E-state index in [0.717, 1.165) is 19.3 Å². The van der Waals surface area contributed by atoms with E-state index in [-0.39, 0.29) is 36.9 Å². The smallest absolute Gasteiger partial charge is 0.181 e. The lowest BCUT2D eigenvalue weighted by Gasteiger charge is -2.13. The number of aliphatic hydroxyl groups excluding tert-OH is 1. The first-order chi connectivity index (χ1) is 14.8. The van der Waals surface area contributed by atoms with Gasteiger partial charge in [-0.25, -0.2) is 13.8 Å². The van der Waals surface area contributed by atoms with Gasteiger partial charge >= 0.3 is 0 Å². The fourth-order valence-corrected chi connectivity index (χ4v) is 3.98. The second kappa shape index (κ2) is 10.3. The molecule has 0 fully saturated rings. The summed E-state index contributed by atoms with van der Waals surface area (Å²) in [5.41, 5.74) is 1.14. The summed E-state index contributed by atoms with van der Waals surface area (Å²) >= 11 is 3.40. The highest BCUT2D eigenvalue weighted by molar-refractivity contribution is 9.10. The Hall–Kier alpha value is -2.32. The Labute approximate surface area is 188 Å². The minimum atomic E-state index is -0.691. The van der Waals surface area contributed by atoms with Crippen molar-refractivity contribution < 1.29 is 23.4 Å².